The van der Waals surface area contributed by atoms with Crippen molar-refractivity contribution in [1.82, 2.24) is 5.32 Å². The van der Waals surface area contributed by atoms with Crippen molar-refractivity contribution in [3.63, 3.8) is 0 Å². The molecule has 3 rings (SSSR count). The molecular weight excluding hydrogens is 343 g/mol. The molecule has 122 valence electrons. The molecule has 2 aliphatic carbocycles. The SMILES string of the molecule is Cl.NC1CC2CCCC(C1)C2NC(=O)c1cccc(Cl)c1Cl. The summed E-state index contributed by atoms with van der Waals surface area (Å²) in [7, 11) is 0. The third-order valence-corrected chi connectivity index (χ3v) is 5.69. The van der Waals surface area contributed by atoms with Gasteiger partial charge in [0.1, 0.15) is 0 Å². The summed E-state index contributed by atoms with van der Waals surface area (Å²) in [5.41, 5.74) is 6.58. The Morgan fingerprint density at radius 3 is 2.45 bits per heavy atom. The average molecular weight is 364 g/mol. The first-order valence-corrected chi connectivity index (χ1v) is 8.32. The fourth-order valence-electron chi connectivity index (χ4n) is 3.93. The summed E-state index contributed by atoms with van der Waals surface area (Å²) in [6.07, 6.45) is 5.55. The molecule has 2 atom stereocenters. The summed E-state index contributed by atoms with van der Waals surface area (Å²) in [5, 5.41) is 3.93. The number of hydrogen-bond acceptors (Lipinski definition) is 2. The number of amides is 1. The van der Waals surface area contributed by atoms with Crippen LogP contribution in [-0.2, 0) is 0 Å². The number of carbonyl (C=O) groups is 1. The summed E-state index contributed by atoms with van der Waals surface area (Å²) in [6, 6.07) is 5.66. The van der Waals surface area contributed by atoms with E-state index in [0.717, 1.165) is 25.7 Å². The Labute approximate surface area is 147 Å². The topological polar surface area (TPSA) is 55.1 Å². The molecule has 0 saturated heterocycles. The van der Waals surface area contributed by atoms with Gasteiger partial charge in [-0.15, -0.1) is 12.4 Å². The molecular formula is C16H21Cl3N2O. The second-order valence-corrected chi connectivity index (χ2v) is 7.07. The molecule has 0 heterocycles. The van der Waals surface area contributed by atoms with E-state index in [2.05, 4.69) is 5.32 Å². The number of nitrogens with one attached hydrogen (secondary N) is 1. The highest BCUT2D eigenvalue weighted by atomic mass is 35.5. The maximum Gasteiger partial charge on any atom is 0.253 e. The second kappa shape index (κ2) is 7.39. The van der Waals surface area contributed by atoms with E-state index in [1.54, 1.807) is 18.2 Å². The van der Waals surface area contributed by atoms with Gasteiger partial charge in [-0.2, -0.15) is 0 Å². The van der Waals surface area contributed by atoms with Gasteiger partial charge in [0, 0.05) is 12.1 Å². The molecule has 2 aliphatic rings. The number of benzene rings is 1. The van der Waals surface area contributed by atoms with Crippen LogP contribution < -0.4 is 11.1 Å². The van der Waals surface area contributed by atoms with Crippen molar-refractivity contribution in [3.05, 3.63) is 33.8 Å². The number of nitrogens with two attached hydrogens (primary N) is 1. The predicted octanol–water partition coefficient (Wildman–Crippen LogP) is 4.05. The number of fused-ring (bicyclic) bond motifs is 2. The summed E-state index contributed by atoms with van der Waals surface area (Å²) < 4.78 is 0. The van der Waals surface area contributed by atoms with E-state index in [-0.39, 0.29) is 30.4 Å². The lowest BCUT2D eigenvalue weighted by Gasteiger charge is -2.45. The number of hydrogen-bond donors (Lipinski definition) is 2. The molecule has 6 heteroatoms. The van der Waals surface area contributed by atoms with Crippen molar-refractivity contribution < 1.29 is 4.79 Å². The molecule has 0 radical (unpaired) electrons. The van der Waals surface area contributed by atoms with Crippen LogP contribution in [-0.4, -0.2) is 18.0 Å². The van der Waals surface area contributed by atoms with Crippen LogP contribution in [0.15, 0.2) is 18.2 Å². The van der Waals surface area contributed by atoms with Crippen molar-refractivity contribution >= 4 is 41.5 Å². The Morgan fingerprint density at radius 1 is 1.18 bits per heavy atom. The standard InChI is InChI=1S/C16H20Cl2N2O.ClH/c17-13-6-2-5-12(14(13)18)16(21)20-15-9-3-1-4-10(15)8-11(19)7-9;/h2,5-6,9-11,15H,1,3-4,7-8,19H2,(H,20,21);1H. The minimum atomic E-state index is -0.125. The van der Waals surface area contributed by atoms with Crippen LogP contribution in [0, 0.1) is 11.8 Å². The van der Waals surface area contributed by atoms with Crippen molar-refractivity contribution in [1.29, 1.82) is 0 Å². The number of rotatable bonds is 2. The Bertz CT molecular complexity index is 538. The maximum absolute atomic E-state index is 12.5. The number of halogens is 3. The molecule has 2 saturated carbocycles. The molecule has 0 spiro atoms. The second-order valence-electron chi connectivity index (χ2n) is 6.28. The van der Waals surface area contributed by atoms with Gasteiger partial charge < -0.3 is 11.1 Å². The summed E-state index contributed by atoms with van der Waals surface area (Å²) in [6.45, 7) is 0. The molecule has 22 heavy (non-hydrogen) atoms. The van der Waals surface area contributed by atoms with Gasteiger partial charge in [-0.05, 0) is 49.7 Å². The third-order valence-electron chi connectivity index (χ3n) is 4.87. The molecule has 0 aromatic heterocycles. The highest BCUT2D eigenvalue weighted by Crippen LogP contribution is 2.40. The van der Waals surface area contributed by atoms with E-state index in [1.165, 1.54) is 6.42 Å². The van der Waals surface area contributed by atoms with Gasteiger partial charge >= 0.3 is 0 Å². The summed E-state index contributed by atoms with van der Waals surface area (Å²) >= 11 is 12.1. The van der Waals surface area contributed by atoms with Gasteiger partial charge in [0.15, 0.2) is 0 Å². The van der Waals surface area contributed by atoms with E-state index in [1.807, 2.05) is 0 Å². The van der Waals surface area contributed by atoms with E-state index in [4.69, 9.17) is 28.9 Å². The highest BCUT2D eigenvalue weighted by Gasteiger charge is 2.40. The Kier molecular flexibility index (Phi) is 6.00. The monoisotopic (exact) mass is 362 g/mol. The first-order chi connectivity index (χ1) is 10.1. The van der Waals surface area contributed by atoms with Crippen LogP contribution >= 0.6 is 35.6 Å². The van der Waals surface area contributed by atoms with E-state index >= 15 is 0 Å². The minimum Gasteiger partial charge on any atom is -0.349 e. The van der Waals surface area contributed by atoms with Gasteiger partial charge in [-0.3, -0.25) is 4.79 Å². The fourth-order valence-corrected chi connectivity index (χ4v) is 4.32. The van der Waals surface area contributed by atoms with Gasteiger partial charge in [-0.25, -0.2) is 0 Å². The normalized spacial score (nSPS) is 30.3. The zero-order chi connectivity index (χ0) is 15.0. The Morgan fingerprint density at radius 2 is 1.82 bits per heavy atom. The predicted molar refractivity (Wildman–Crippen MR) is 93.0 cm³/mol. The summed E-state index contributed by atoms with van der Waals surface area (Å²) in [5.74, 6) is 0.865. The molecule has 3 nitrogen and oxygen atoms in total. The van der Waals surface area contributed by atoms with Crippen LogP contribution in [0.3, 0.4) is 0 Å². The van der Waals surface area contributed by atoms with Gasteiger partial charge in [0.05, 0.1) is 15.6 Å². The third kappa shape index (κ3) is 3.53. The van der Waals surface area contributed by atoms with Crippen molar-refractivity contribution in [2.75, 3.05) is 0 Å². The molecule has 1 aromatic rings. The zero-order valence-electron chi connectivity index (χ0n) is 12.2. The fraction of sp³-hybridized carbons (Fsp3) is 0.562. The number of carbonyl (C=O) groups excluding carboxylic acids is 1. The average Bonchev–Trinajstić information content (AvgIpc) is 2.42. The molecule has 1 aromatic carbocycles. The molecule has 3 N–H and O–H groups in total. The molecule has 2 bridgehead atoms. The minimum absolute atomic E-state index is 0. The van der Waals surface area contributed by atoms with Crippen molar-refractivity contribution in [3.8, 4) is 0 Å². The first-order valence-electron chi connectivity index (χ1n) is 7.56. The lowest BCUT2D eigenvalue weighted by atomic mass is 9.67. The molecule has 0 aliphatic heterocycles. The highest BCUT2D eigenvalue weighted by molar-refractivity contribution is 6.43. The first kappa shape index (κ1) is 17.9. The zero-order valence-corrected chi connectivity index (χ0v) is 14.6. The Balaban J connectivity index is 0.00000176. The molecule has 2 fully saturated rings. The van der Waals surface area contributed by atoms with Crippen LogP contribution in [0.1, 0.15) is 42.5 Å². The smallest absolute Gasteiger partial charge is 0.253 e. The lowest BCUT2D eigenvalue weighted by molar-refractivity contribution is 0.0756. The van der Waals surface area contributed by atoms with Gasteiger partial charge in [0.25, 0.3) is 5.91 Å². The van der Waals surface area contributed by atoms with Crippen molar-refractivity contribution in [2.24, 2.45) is 17.6 Å². The Hall–Kier alpha value is -0.480. The van der Waals surface area contributed by atoms with Crippen LogP contribution in [0.4, 0.5) is 0 Å². The lowest BCUT2D eigenvalue weighted by Crippen LogP contribution is -2.53. The molecule has 2 unspecified atom stereocenters. The van der Waals surface area contributed by atoms with Crippen LogP contribution in [0.25, 0.3) is 0 Å². The van der Waals surface area contributed by atoms with Crippen LogP contribution in [0.5, 0.6) is 0 Å². The quantitative estimate of drug-likeness (QED) is 0.833. The summed E-state index contributed by atoms with van der Waals surface area (Å²) in [4.78, 5) is 12.5. The van der Waals surface area contributed by atoms with Crippen LogP contribution in [0.2, 0.25) is 10.0 Å². The van der Waals surface area contributed by atoms with E-state index in [0.29, 0.717) is 27.4 Å². The molecule has 1 amide bonds. The van der Waals surface area contributed by atoms with Crippen molar-refractivity contribution in [2.45, 2.75) is 44.2 Å². The largest absolute Gasteiger partial charge is 0.349 e. The van der Waals surface area contributed by atoms with Gasteiger partial charge in [0.2, 0.25) is 0 Å². The van der Waals surface area contributed by atoms with Gasteiger partial charge in [-0.1, -0.05) is 35.7 Å². The maximum atomic E-state index is 12.5. The van der Waals surface area contributed by atoms with E-state index < -0.39 is 0 Å². The van der Waals surface area contributed by atoms with E-state index in [9.17, 15) is 4.79 Å².